The molecule has 2 aliphatic rings. The molecule has 1 fully saturated rings. The van der Waals surface area contributed by atoms with Gasteiger partial charge in [-0.25, -0.2) is 9.59 Å². The molecule has 0 bridgehead atoms. The van der Waals surface area contributed by atoms with Crippen molar-refractivity contribution < 1.29 is 58.1 Å². The highest BCUT2D eigenvalue weighted by Crippen LogP contribution is 2.45. The minimum absolute atomic E-state index is 0.0192. The molecule has 0 aliphatic carbocycles. The molecule has 8 atom stereocenters. The van der Waals surface area contributed by atoms with Crippen LogP contribution >= 0.6 is 0 Å². The molecule has 2 aromatic heterocycles. The largest absolute Gasteiger partial charge is 0.506 e. The molecule has 3 aromatic carbocycles. The van der Waals surface area contributed by atoms with E-state index in [1.165, 1.54) is 32.2 Å². The first kappa shape index (κ1) is 29.3. The number of hydrogen-bond donors (Lipinski definition) is 5. The van der Waals surface area contributed by atoms with Gasteiger partial charge in [-0.2, -0.15) is 0 Å². The van der Waals surface area contributed by atoms with E-state index in [0.29, 0.717) is 5.56 Å². The Hall–Kier alpha value is -4.44. The van der Waals surface area contributed by atoms with Gasteiger partial charge in [0.2, 0.25) is 0 Å². The fourth-order valence-electron chi connectivity index (χ4n) is 6.17. The molecule has 2 aliphatic heterocycles. The maximum absolute atomic E-state index is 13.3. The molecule has 0 spiro atoms. The van der Waals surface area contributed by atoms with Crippen molar-refractivity contribution >= 4 is 43.5 Å². The Kier molecular flexibility index (Phi) is 6.88. The van der Waals surface area contributed by atoms with E-state index in [1.807, 2.05) is 0 Å². The van der Waals surface area contributed by atoms with Crippen molar-refractivity contribution in [3.05, 3.63) is 68.8 Å². The Morgan fingerprint density at radius 3 is 2.33 bits per heavy atom. The van der Waals surface area contributed by atoms with E-state index in [-0.39, 0.29) is 49.2 Å². The third-order valence-corrected chi connectivity index (χ3v) is 8.45. The van der Waals surface area contributed by atoms with Crippen LogP contribution in [-0.4, -0.2) is 81.8 Å². The normalized spacial score (nSPS) is 29.0. The van der Waals surface area contributed by atoms with Gasteiger partial charge in [-0.15, -0.1) is 0 Å². The Bertz CT molecular complexity index is 2100. The van der Waals surface area contributed by atoms with Gasteiger partial charge < -0.3 is 58.1 Å². The van der Waals surface area contributed by atoms with E-state index in [2.05, 4.69) is 0 Å². The highest BCUT2D eigenvalue weighted by Gasteiger charge is 2.48. The molecule has 5 N–H and O–H groups in total. The molecule has 45 heavy (non-hydrogen) atoms. The van der Waals surface area contributed by atoms with Gasteiger partial charge in [-0.3, -0.25) is 0 Å². The summed E-state index contributed by atoms with van der Waals surface area (Å²) in [5.41, 5.74) is -0.939. The van der Waals surface area contributed by atoms with E-state index in [0.717, 1.165) is 6.26 Å². The van der Waals surface area contributed by atoms with Crippen LogP contribution in [0.2, 0.25) is 0 Å². The molecule has 0 saturated carbocycles. The summed E-state index contributed by atoms with van der Waals surface area (Å²) in [4.78, 5) is 26.4. The molecule has 14 nitrogen and oxygen atoms in total. The van der Waals surface area contributed by atoms with E-state index < -0.39 is 72.0 Å². The predicted octanol–water partition coefficient (Wildman–Crippen LogP) is 2.02. The van der Waals surface area contributed by atoms with Crippen molar-refractivity contribution in [2.75, 3.05) is 7.11 Å². The molecule has 3 unspecified atom stereocenters. The summed E-state index contributed by atoms with van der Waals surface area (Å²) in [6.07, 6.45) is -9.99. The second-order valence-electron chi connectivity index (χ2n) is 11.1. The van der Waals surface area contributed by atoms with Crippen molar-refractivity contribution in [2.24, 2.45) is 0 Å². The van der Waals surface area contributed by atoms with Gasteiger partial charge in [0.1, 0.15) is 53.1 Å². The van der Waals surface area contributed by atoms with Gasteiger partial charge >= 0.3 is 11.3 Å². The lowest BCUT2D eigenvalue weighted by molar-refractivity contribution is -0.330. The number of aromatic hydroxyl groups is 1. The van der Waals surface area contributed by atoms with Crippen LogP contribution in [0.3, 0.4) is 0 Å². The minimum Gasteiger partial charge on any atom is -0.506 e. The molecule has 0 amide bonds. The van der Waals surface area contributed by atoms with Crippen molar-refractivity contribution in [1.29, 1.82) is 0 Å². The summed E-state index contributed by atoms with van der Waals surface area (Å²) >= 11 is 0. The van der Waals surface area contributed by atoms with Crippen LogP contribution in [-0.2, 0) is 18.9 Å². The van der Waals surface area contributed by atoms with E-state index in [1.54, 1.807) is 19.1 Å². The summed E-state index contributed by atoms with van der Waals surface area (Å²) in [6, 6.07) is 7.63. The minimum atomic E-state index is -1.72. The van der Waals surface area contributed by atoms with Crippen molar-refractivity contribution in [1.82, 2.24) is 0 Å². The standard InChI is InChI=1S/C31H28O14/c1-10-7-8-15-18-16(10)28(37)44-25-17-12(22(34)20(19(18)25)29(38)42-15)5-4-6-14(17)43-31-27(23(35)13(32)9-40-31)45-30-24(36)26(39-3)21(33)11(2)41-30/h4-9,11,21,23-24,26-27,30-36H,1-3H3/t11?,21-,23-,24+,26?,27?,30+,31-/m0/s1. The molecule has 7 rings (SSSR count). The third-order valence-electron chi connectivity index (χ3n) is 8.45. The zero-order chi connectivity index (χ0) is 31.9. The third kappa shape index (κ3) is 4.33. The van der Waals surface area contributed by atoms with Gasteiger partial charge in [0.15, 0.2) is 23.7 Å². The number of ether oxygens (including phenoxy) is 5. The Balaban J connectivity index is 1.38. The lowest BCUT2D eigenvalue weighted by Gasteiger charge is -2.43. The molecule has 0 radical (unpaired) electrons. The molecule has 236 valence electrons. The van der Waals surface area contributed by atoms with Crippen LogP contribution in [0.5, 0.6) is 11.5 Å². The van der Waals surface area contributed by atoms with Crippen LogP contribution in [0.15, 0.2) is 60.8 Å². The lowest BCUT2D eigenvalue weighted by Crippen LogP contribution is -2.60. The first-order valence-electron chi connectivity index (χ1n) is 14.0. The van der Waals surface area contributed by atoms with Crippen molar-refractivity contribution in [3.8, 4) is 11.5 Å². The number of rotatable bonds is 5. The number of phenols is 1. The number of hydrogen-bond acceptors (Lipinski definition) is 14. The maximum Gasteiger partial charge on any atom is 0.348 e. The lowest BCUT2D eigenvalue weighted by atomic mass is 9.96. The first-order chi connectivity index (χ1) is 21.5. The monoisotopic (exact) mass is 624 g/mol. The number of fused-ring (bicyclic) bond motifs is 2. The summed E-state index contributed by atoms with van der Waals surface area (Å²) in [7, 11) is 1.29. The number of phenolic OH excluding ortho intramolecular Hbond substituents is 1. The van der Waals surface area contributed by atoms with Gasteiger partial charge in [0.25, 0.3) is 6.29 Å². The van der Waals surface area contributed by atoms with Gasteiger partial charge in [0, 0.05) is 23.3 Å². The zero-order valence-electron chi connectivity index (χ0n) is 24.0. The van der Waals surface area contributed by atoms with Crippen LogP contribution in [0.1, 0.15) is 12.5 Å². The van der Waals surface area contributed by atoms with Crippen molar-refractivity contribution in [3.63, 3.8) is 0 Å². The summed E-state index contributed by atoms with van der Waals surface area (Å²) in [5.74, 6) is -1.07. The highest BCUT2D eigenvalue weighted by molar-refractivity contribution is 6.28. The molecule has 5 aromatic rings. The molecule has 1 saturated heterocycles. The average Bonchev–Trinajstić information content (AvgIpc) is 3.01. The van der Waals surface area contributed by atoms with E-state index in [9.17, 15) is 35.1 Å². The van der Waals surface area contributed by atoms with Gasteiger partial charge in [0.05, 0.1) is 16.9 Å². The Morgan fingerprint density at radius 2 is 1.58 bits per heavy atom. The van der Waals surface area contributed by atoms with Gasteiger partial charge in [-0.1, -0.05) is 18.2 Å². The highest BCUT2D eigenvalue weighted by atomic mass is 16.7. The molecular formula is C31H28O14. The smallest absolute Gasteiger partial charge is 0.348 e. The summed E-state index contributed by atoms with van der Waals surface area (Å²) in [6.45, 7) is 3.24. The number of aliphatic hydroxyl groups is 4. The second-order valence-corrected chi connectivity index (χ2v) is 11.1. The quantitative estimate of drug-likeness (QED) is 0.108. The zero-order valence-corrected chi connectivity index (χ0v) is 24.0. The van der Waals surface area contributed by atoms with Crippen LogP contribution < -0.4 is 16.0 Å². The SMILES string of the molecule is COC1[C@@H](O)C(C)O[C@H](OC2[C@H](Oc3cccc4c(O)c5c(=O)oc6ccc(C)c7c(=O)oc(c34)c5c67)OC=C(O)[C@@H]2O)[C@@H]1O. The Morgan fingerprint density at radius 1 is 0.822 bits per heavy atom. The van der Waals surface area contributed by atoms with Crippen LogP contribution in [0.25, 0.3) is 43.5 Å². The van der Waals surface area contributed by atoms with E-state index >= 15 is 0 Å². The molecular weight excluding hydrogens is 596 g/mol. The van der Waals surface area contributed by atoms with Gasteiger partial charge in [-0.05, 0) is 31.5 Å². The number of benzene rings is 3. The second kappa shape index (κ2) is 10.6. The fourth-order valence-corrected chi connectivity index (χ4v) is 6.17. The van der Waals surface area contributed by atoms with Crippen LogP contribution in [0, 0.1) is 6.92 Å². The number of aliphatic hydroxyl groups excluding tert-OH is 4. The summed E-state index contributed by atoms with van der Waals surface area (Å²) in [5, 5.41) is 54.2. The fraction of sp³-hybridized carbons (Fsp3) is 0.355. The Labute approximate surface area is 252 Å². The van der Waals surface area contributed by atoms with Crippen LogP contribution in [0.4, 0.5) is 0 Å². The topological polar surface area (TPSA) is 208 Å². The van der Waals surface area contributed by atoms with E-state index in [4.69, 9.17) is 32.5 Å². The molecule has 4 heterocycles. The molecule has 14 heteroatoms. The van der Waals surface area contributed by atoms with Crippen molar-refractivity contribution in [2.45, 2.75) is 63.1 Å². The predicted molar refractivity (Wildman–Crippen MR) is 155 cm³/mol. The number of methoxy groups -OCH3 is 1. The number of aryl methyl sites for hydroxylation is 1. The average molecular weight is 625 g/mol. The maximum atomic E-state index is 13.3. The first-order valence-corrected chi connectivity index (χ1v) is 14.0. The summed E-state index contributed by atoms with van der Waals surface area (Å²) < 4.78 is 39.7.